The van der Waals surface area contributed by atoms with Crippen LogP contribution < -0.4 is 10.5 Å². The summed E-state index contributed by atoms with van der Waals surface area (Å²) in [4.78, 5) is 25.4. The van der Waals surface area contributed by atoms with Gasteiger partial charge in [-0.15, -0.1) is 0 Å². The number of fused-ring (bicyclic) bond motifs is 2. The van der Waals surface area contributed by atoms with Crippen molar-refractivity contribution in [3.05, 3.63) is 50.5 Å². The third kappa shape index (κ3) is 3.96. The molecule has 2 aromatic heterocycles. The van der Waals surface area contributed by atoms with Crippen LogP contribution in [0.4, 0.5) is 5.95 Å². The first-order valence-electron chi connectivity index (χ1n) is 12.7. The molecule has 0 saturated carbocycles. The number of aromatic nitrogens is 4. The van der Waals surface area contributed by atoms with E-state index in [2.05, 4.69) is 41.9 Å². The number of anilines is 1. The summed E-state index contributed by atoms with van der Waals surface area (Å²) in [6, 6.07) is 4.53. The monoisotopic (exact) mass is 496 g/mol. The number of nitrogens with zero attached hydrogens (tertiary/aromatic N) is 5. The Hall–Kier alpha value is -2.42. The first kappa shape index (κ1) is 23.0. The predicted octanol–water partition coefficient (Wildman–Crippen LogP) is 3.74. The minimum Gasteiger partial charge on any atom is -0.356 e. The van der Waals surface area contributed by atoms with Gasteiger partial charge in [-0.1, -0.05) is 18.5 Å². The van der Waals surface area contributed by atoms with E-state index in [0.29, 0.717) is 24.8 Å². The van der Waals surface area contributed by atoms with Crippen molar-refractivity contribution in [2.75, 3.05) is 38.7 Å². The van der Waals surface area contributed by atoms with E-state index >= 15 is 0 Å². The van der Waals surface area contributed by atoms with Crippen molar-refractivity contribution in [2.24, 2.45) is 5.92 Å². The van der Waals surface area contributed by atoms with Crippen LogP contribution in [0.25, 0.3) is 10.9 Å². The van der Waals surface area contributed by atoms with Gasteiger partial charge in [-0.3, -0.25) is 9.78 Å². The molecule has 3 aromatic rings. The summed E-state index contributed by atoms with van der Waals surface area (Å²) < 4.78 is 8.03. The molecule has 9 heteroatoms. The Morgan fingerprint density at radius 2 is 2.03 bits per heavy atom. The van der Waals surface area contributed by atoms with Gasteiger partial charge in [0.25, 0.3) is 5.56 Å². The highest BCUT2D eigenvalue weighted by molar-refractivity contribution is 6.32. The van der Waals surface area contributed by atoms with Gasteiger partial charge in [0, 0.05) is 41.7 Å². The fourth-order valence-electron chi connectivity index (χ4n) is 5.91. The van der Waals surface area contributed by atoms with Crippen LogP contribution in [0.2, 0.25) is 5.02 Å². The van der Waals surface area contributed by atoms with Gasteiger partial charge in [0.1, 0.15) is 0 Å². The van der Waals surface area contributed by atoms with E-state index in [-0.39, 0.29) is 23.6 Å². The van der Waals surface area contributed by atoms with Gasteiger partial charge in [0.2, 0.25) is 5.95 Å². The molecule has 0 radical (unpaired) electrons. The summed E-state index contributed by atoms with van der Waals surface area (Å²) in [5, 5.41) is 6.56. The maximum absolute atomic E-state index is 13.0. The number of aromatic amines is 1. The Morgan fingerprint density at radius 3 is 2.77 bits per heavy atom. The average Bonchev–Trinajstić information content (AvgIpc) is 3.23. The maximum atomic E-state index is 13.0. The molecule has 0 amide bonds. The molecule has 1 N–H and O–H groups in total. The zero-order valence-electron chi connectivity index (χ0n) is 20.6. The van der Waals surface area contributed by atoms with Crippen LogP contribution in [0.15, 0.2) is 23.1 Å². The molecule has 0 spiro atoms. The quantitative estimate of drug-likeness (QED) is 0.592. The number of benzene rings is 1. The standard InChI is InChI=1S/C26H33ClN6O2/c1-15-10-18-21(29-26(30-25(18)34)32-13-16(14-32)31(2)3)11-17(15)24-19-12-28-33(22(19)8-7-20(24)27)23-6-4-5-9-35-23/h7-8,12,15-17,23H,4-6,9-11,13-14H2,1-3H3,(H,29,30,34)/t15-,17?,23?/m1/s1. The first-order valence-corrected chi connectivity index (χ1v) is 13.1. The fraction of sp³-hybridized carbons (Fsp3) is 0.577. The number of likely N-dealkylation sites (N-methyl/N-ethyl adjacent to an activating group) is 1. The molecule has 0 bridgehead atoms. The van der Waals surface area contributed by atoms with Crippen molar-refractivity contribution in [3.63, 3.8) is 0 Å². The van der Waals surface area contributed by atoms with Gasteiger partial charge in [-0.05, 0) is 75.7 Å². The molecule has 2 saturated heterocycles. The molecule has 8 nitrogen and oxygen atoms in total. The second-order valence-corrected chi connectivity index (χ2v) is 11.0. The third-order valence-corrected chi connectivity index (χ3v) is 8.50. The van der Waals surface area contributed by atoms with Crippen LogP contribution in [0.1, 0.15) is 55.2 Å². The second-order valence-electron chi connectivity index (χ2n) is 10.6. The summed E-state index contributed by atoms with van der Waals surface area (Å²) >= 11 is 6.84. The first-order chi connectivity index (χ1) is 16.9. The van der Waals surface area contributed by atoms with Gasteiger partial charge in [0.15, 0.2) is 6.23 Å². The van der Waals surface area contributed by atoms with Gasteiger partial charge in [-0.25, -0.2) is 9.67 Å². The van der Waals surface area contributed by atoms with E-state index in [1.54, 1.807) is 0 Å². The average molecular weight is 497 g/mol. The van der Waals surface area contributed by atoms with Gasteiger partial charge >= 0.3 is 0 Å². The molecule has 35 heavy (non-hydrogen) atoms. The molecule has 1 aliphatic carbocycles. The van der Waals surface area contributed by atoms with Crippen LogP contribution in [0.3, 0.4) is 0 Å². The molecular weight excluding hydrogens is 464 g/mol. The molecule has 2 fully saturated rings. The summed E-state index contributed by atoms with van der Waals surface area (Å²) in [5.74, 6) is 1.11. The second kappa shape index (κ2) is 8.91. The highest BCUT2D eigenvalue weighted by Gasteiger charge is 2.35. The van der Waals surface area contributed by atoms with E-state index in [1.807, 2.05) is 16.9 Å². The molecule has 3 aliphatic rings. The number of hydrogen-bond donors (Lipinski definition) is 1. The lowest BCUT2D eigenvalue weighted by Gasteiger charge is -2.43. The molecule has 1 aromatic carbocycles. The molecule has 2 aliphatic heterocycles. The van der Waals surface area contributed by atoms with Crippen molar-refractivity contribution in [3.8, 4) is 0 Å². The number of ether oxygens (including phenoxy) is 1. The van der Waals surface area contributed by atoms with Crippen molar-refractivity contribution in [1.29, 1.82) is 0 Å². The smallest absolute Gasteiger partial charge is 0.255 e. The molecule has 4 heterocycles. The van der Waals surface area contributed by atoms with E-state index in [0.717, 1.165) is 71.7 Å². The Balaban J connectivity index is 1.35. The Kier molecular flexibility index (Phi) is 5.86. The summed E-state index contributed by atoms with van der Waals surface area (Å²) in [6.07, 6.45) is 6.53. The molecule has 3 atom stereocenters. The number of H-pyrrole nitrogens is 1. The highest BCUT2D eigenvalue weighted by atomic mass is 35.5. The van der Waals surface area contributed by atoms with Crippen LogP contribution >= 0.6 is 11.6 Å². The maximum Gasteiger partial charge on any atom is 0.255 e. The van der Waals surface area contributed by atoms with Crippen molar-refractivity contribution in [1.82, 2.24) is 24.6 Å². The summed E-state index contributed by atoms with van der Waals surface area (Å²) in [6.45, 7) is 4.74. The number of nitrogens with one attached hydrogen (secondary N) is 1. The molecular formula is C26H33ClN6O2. The molecule has 2 unspecified atom stereocenters. The lowest BCUT2D eigenvalue weighted by atomic mass is 9.74. The van der Waals surface area contributed by atoms with E-state index in [4.69, 9.17) is 26.4 Å². The minimum absolute atomic E-state index is 0.00447. The Bertz CT molecular complexity index is 1310. The topological polar surface area (TPSA) is 79.3 Å². The van der Waals surface area contributed by atoms with E-state index in [1.165, 1.54) is 0 Å². The third-order valence-electron chi connectivity index (χ3n) is 8.18. The van der Waals surface area contributed by atoms with E-state index in [9.17, 15) is 4.79 Å². The predicted molar refractivity (Wildman–Crippen MR) is 137 cm³/mol. The SMILES string of the molecule is C[C@@H]1Cc2c(nc(N3CC(N(C)C)C3)[nH]c2=O)CC1c1c(Cl)ccc2c1cnn2C1CCCCO1. The van der Waals surface area contributed by atoms with Gasteiger partial charge < -0.3 is 14.5 Å². The lowest BCUT2D eigenvalue weighted by Crippen LogP contribution is -2.58. The summed E-state index contributed by atoms with van der Waals surface area (Å²) in [7, 11) is 4.17. The fourth-order valence-corrected chi connectivity index (χ4v) is 6.22. The highest BCUT2D eigenvalue weighted by Crippen LogP contribution is 2.42. The molecule has 186 valence electrons. The minimum atomic E-state index is -0.0231. The van der Waals surface area contributed by atoms with Crippen molar-refractivity contribution >= 4 is 28.5 Å². The zero-order valence-corrected chi connectivity index (χ0v) is 21.4. The largest absolute Gasteiger partial charge is 0.356 e. The zero-order chi connectivity index (χ0) is 24.3. The van der Waals surface area contributed by atoms with Crippen molar-refractivity contribution < 1.29 is 4.74 Å². The Morgan fingerprint density at radius 1 is 1.20 bits per heavy atom. The van der Waals surface area contributed by atoms with Crippen LogP contribution in [-0.2, 0) is 17.6 Å². The normalized spacial score (nSPS) is 25.2. The van der Waals surface area contributed by atoms with Crippen LogP contribution in [0.5, 0.6) is 0 Å². The Labute approximate surface area is 210 Å². The summed E-state index contributed by atoms with van der Waals surface area (Å²) in [5.41, 5.74) is 3.89. The van der Waals surface area contributed by atoms with Crippen molar-refractivity contribution in [2.45, 2.75) is 57.2 Å². The lowest BCUT2D eigenvalue weighted by molar-refractivity contribution is -0.0366. The number of hydrogen-bond acceptors (Lipinski definition) is 6. The number of halogens is 1. The molecule has 6 rings (SSSR count). The van der Waals surface area contributed by atoms with Crippen LogP contribution in [0, 0.1) is 5.92 Å². The van der Waals surface area contributed by atoms with Gasteiger partial charge in [0.05, 0.1) is 17.4 Å². The number of rotatable bonds is 4. The van der Waals surface area contributed by atoms with E-state index < -0.39 is 0 Å². The van der Waals surface area contributed by atoms with Gasteiger partial charge in [-0.2, -0.15) is 5.10 Å². The van der Waals surface area contributed by atoms with Crippen LogP contribution in [-0.4, -0.2) is 64.5 Å².